The molecule has 0 unspecified atom stereocenters. The predicted molar refractivity (Wildman–Crippen MR) is 32.5 cm³/mol. The van der Waals surface area contributed by atoms with Gasteiger partial charge < -0.3 is 0 Å². The van der Waals surface area contributed by atoms with Gasteiger partial charge in [-0.1, -0.05) is 0 Å². The summed E-state index contributed by atoms with van der Waals surface area (Å²) in [5, 5.41) is 0. The van der Waals surface area contributed by atoms with Gasteiger partial charge in [-0.25, -0.2) is 0 Å². The Morgan fingerprint density at radius 3 is 1.00 bits per heavy atom. The van der Waals surface area contributed by atoms with Gasteiger partial charge in [0.25, 0.3) is 0 Å². The standard InChI is InChI=1S/3BrH.Ir.Na/h3*1H;;/q;;;+3;/p-3. The molecule has 0 saturated heterocycles. The van der Waals surface area contributed by atoms with Crippen LogP contribution in [0.3, 0.4) is 0 Å². The van der Waals surface area contributed by atoms with Crippen LogP contribution in [0.2, 0.25) is 0 Å². The Morgan fingerprint density at radius 2 is 1.00 bits per heavy atom. The van der Waals surface area contributed by atoms with E-state index in [2.05, 4.69) is 40.5 Å². The molecule has 5 heteroatoms. The first-order valence-corrected chi connectivity index (χ1v) is 16.1. The molecular formula is Br3IrNa. The van der Waals surface area contributed by atoms with Crippen molar-refractivity contribution in [2.45, 2.75) is 0 Å². The van der Waals surface area contributed by atoms with Crippen molar-refractivity contribution in [3.63, 3.8) is 0 Å². The van der Waals surface area contributed by atoms with Crippen molar-refractivity contribution in [3.05, 3.63) is 0 Å². The third kappa shape index (κ3) is 19.2. The van der Waals surface area contributed by atoms with Crippen LogP contribution in [-0.4, -0.2) is 29.6 Å². The van der Waals surface area contributed by atoms with Crippen LogP contribution in [0.4, 0.5) is 0 Å². The van der Waals surface area contributed by atoms with E-state index in [1.54, 1.807) is 0 Å². The fraction of sp³-hybridized carbons (Fsp3) is 0. The van der Waals surface area contributed by atoms with E-state index in [0.717, 1.165) is 0 Å². The molecule has 0 aliphatic carbocycles. The second kappa shape index (κ2) is 7.09. The Labute approximate surface area is 78.7 Å². The van der Waals surface area contributed by atoms with Crippen molar-refractivity contribution < 1.29 is 10.5 Å². The van der Waals surface area contributed by atoms with Gasteiger partial charge in [-0.3, -0.25) is 0 Å². The second-order valence-electron chi connectivity index (χ2n) is 0.143. The summed E-state index contributed by atoms with van der Waals surface area (Å²) in [7, 11) is -0.896. The first kappa shape index (κ1) is 11.0. The second-order valence-corrected chi connectivity index (χ2v) is 31.6. The zero-order valence-electron chi connectivity index (χ0n) is 2.47. The molecule has 0 aromatic carbocycles. The summed E-state index contributed by atoms with van der Waals surface area (Å²) < 4.78 is 0. The van der Waals surface area contributed by atoms with E-state index in [4.69, 9.17) is 0 Å². The molecule has 0 amide bonds. The number of hydrogen-bond acceptors (Lipinski definition) is 0. The van der Waals surface area contributed by atoms with E-state index < -0.39 is 10.5 Å². The van der Waals surface area contributed by atoms with Gasteiger partial charge in [-0.15, -0.1) is 0 Å². The summed E-state index contributed by atoms with van der Waals surface area (Å²) in [6.07, 6.45) is 0. The molecule has 0 aromatic rings. The van der Waals surface area contributed by atoms with Gasteiger partial charge in [0.1, 0.15) is 0 Å². The van der Waals surface area contributed by atoms with Gasteiger partial charge in [0.05, 0.1) is 0 Å². The van der Waals surface area contributed by atoms with E-state index in [1.165, 1.54) is 0 Å². The van der Waals surface area contributed by atoms with Crippen molar-refractivity contribution in [1.82, 2.24) is 0 Å². The summed E-state index contributed by atoms with van der Waals surface area (Å²) in [4.78, 5) is 0. The fourth-order valence-corrected chi connectivity index (χ4v) is 0. The molecule has 0 aliphatic rings. The van der Waals surface area contributed by atoms with Gasteiger partial charge >= 0.3 is 51.0 Å². The molecule has 0 saturated carbocycles. The van der Waals surface area contributed by atoms with Crippen molar-refractivity contribution in [2.24, 2.45) is 0 Å². The van der Waals surface area contributed by atoms with Crippen molar-refractivity contribution in [2.75, 3.05) is 0 Å². The van der Waals surface area contributed by atoms with Crippen LogP contribution >= 0.6 is 40.5 Å². The molecule has 5 heavy (non-hydrogen) atoms. The van der Waals surface area contributed by atoms with Gasteiger partial charge in [0.15, 0.2) is 0 Å². The zero-order chi connectivity index (χ0) is 3.58. The van der Waals surface area contributed by atoms with Gasteiger partial charge in [-0.2, -0.15) is 0 Å². The van der Waals surface area contributed by atoms with Crippen LogP contribution in [0, 0.1) is 0 Å². The molecule has 0 N–H and O–H groups in total. The van der Waals surface area contributed by atoms with Gasteiger partial charge in [-0.05, 0) is 0 Å². The Morgan fingerprint density at radius 1 is 1.00 bits per heavy atom. The van der Waals surface area contributed by atoms with E-state index in [9.17, 15) is 0 Å². The summed E-state index contributed by atoms with van der Waals surface area (Å²) in [5.41, 5.74) is 0. The maximum atomic E-state index is 3.27. The molecule has 1 radical (unpaired) electrons. The van der Waals surface area contributed by atoms with Crippen LogP contribution in [-0.2, 0) is 10.5 Å². The number of rotatable bonds is 0. The zero-order valence-corrected chi connectivity index (χ0v) is 11.6. The largest absolute Gasteiger partial charge is 0 e. The summed E-state index contributed by atoms with van der Waals surface area (Å²) >= 11 is 9.81. The smallest absolute Gasteiger partial charge is 0 e. The molecular weight excluding hydrogens is 455 g/mol. The molecule has 0 aromatic heterocycles. The summed E-state index contributed by atoms with van der Waals surface area (Å²) in [6.45, 7) is 0. The summed E-state index contributed by atoms with van der Waals surface area (Å²) in [6, 6.07) is 0. The normalized spacial score (nSPS) is 9.00. The molecule has 0 nitrogen and oxygen atoms in total. The minimum Gasteiger partial charge on any atom is 0 e. The molecule has 31 valence electrons. The SMILES string of the molecule is [Br][Ir]([Br])[Br].[Na]. The third-order valence-electron chi connectivity index (χ3n) is 0. The van der Waals surface area contributed by atoms with E-state index in [-0.39, 0.29) is 29.6 Å². The number of hydrogen-bond donors (Lipinski definition) is 0. The minimum absolute atomic E-state index is 0. The molecule has 0 heterocycles. The number of halogens is 3. The maximum absolute atomic E-state index is 3.27. The molecule has 0 spiro atoms. The monoisotopic (exact) mass is 453 g/mol. The first-order valence-electron chi connectivity index (χ1n) is 0.378. The Kier molecular flexibility index (Phi) is 15.5. The van der Waals surface area contributed by atoms with Crippen LogP contribution in [0.1, 0.15) is 0 Å². The van der Waals surface area contributed by atoms with Crippen molar-refractivity contribution in [3.8, 4) is 0 Å². The van der Waals surface area contributed by atoms with Crippen LogP contribution < -0.4 is 0 Å². The molecule has 0 bridgehead atoms. The quantitative estimate of drug-likeness (QED) is 0.492. The Hall–Kier alpha value is 3.09. The van der Waals surface area contributed by atoms with Crippen LogP contribution in [0.15, 0.2) is 0 Å². The van der Waals surface area contributed by atoms with E-state index in [0.29, 0.717) is 0 Å². The minimum atomic E-state index is -0.896. The van der Waals surface area contributed by atoms with Crippen molar-refractivity contribution >= 4 is 70.0 Å². The average molecular weight is 455 g/mol. The molecule has 0 rings (SSSR count). The van der Waals surface area contributed by atoms with Gasteiger partial charge in [0, 0.05) is 29.6 Å². The molecule has 0 aliphatic heterocycles. The molecule has 0 fully saturated rings. The van der Waals surface area contributed by atoms with Crippen molar-refractivity contribution in [1.29, 1.82) is 0 Å². The topological polar surface area (TPSA) is 0 Å². The average Bonchev–Trinajstić information content (AvgIpc) is 0.811. The van der Waals surface area contributed by atoms with Crippen LogP contribution in [0.5, 0.6) is 0 Å². The Balaban J connectivity index is 0. The van der Waals surface area contributed by atoms with E-state index in [1.807, 2.05) is 0 Å². The third-order valence-corrected chi connectivity index (χ3v) is 0. The van der Waals surface area contributed by atoms with E-state index >= 15 is 0 Å². The Bertz CT molecular complexity index is 11.6. The fourth-order valence-electron chi connectivity index (χ4n) is 0. The van der Waals surface area contributed by atoms with Gasteiger partial charge in [0.2, 0.25) is 0 Å². The summed E-state index contributed by atoms with van der Waals surface area (Å²) in [5.74, 6) is 0. The maximum Gasteiger partial charge on any atom is 0 e. The van der Waals surface area contributed by atoms with Crippen LogP contribution in [0.25, 0.3) is 0 Å². The molecule has 0 atom stereocenters. The first-order chi connectivity index (χ1) is 1.73. The predicted octanol–water partition coefficient (Wildman–Crippen LogP) is 2.15.